The second-order valence-corrected chi connectivity index (χ2v) is 2.50. The number of rotatable bonds is 6. The summed E-state index contributed by atoms with van der Waals surface area (Å²) in [5.74, 6) is -0.508. The van der Waals surface area contributed by atoms with E-state index in [1.807, 2.05) is 0 Å². The fourth-order valence-electron chi connectivity index (χ4n) is 0.689. The molecule has 0 rings (SSSR count). The predicted molar refractivity (Wildman–Crippen MR) is 44.3 cm³/mol. The highest BCUT2D eigenvalue weighted by Crippen LogP contribution is 1.95. The molecule has 1 amide bonds. The summed E-state index contributed by atoms with van der Waals surface area (Å²) < 4.78 is 4.78. The van der Waals surface area contributed by atoms with Gasteiger partial charge in [0.05, 0.1) is 6.61 Å². The fourth-order valence-corrected chi connectivity index (χ4v) is 0.689. The summed E-state index contributed by atoms with van der Waals surface area (Å²) >= 11 is 0. The molecule has 0 spiro atoms. The van der Waals surface area contributed by atoms with Crippen molar-refractivity contribution < 1.29 is 14.3 Å². The second kappa shape index (κ2) is 6.64. The molecule has 12 heavy (non-hydrogen) atoms. The molecule has 0 atom stereocenters. The molecular formula is C8H15NO3. The van der Waals surface area contributed by atoms with E-state index in [-0.39, 0.29) is 11.9 Å². The van der Waals surface area contributed by atoms with E-state index in [0.29, 0.717) is 32.3 Å². The van der Waals surface area contributed by atoms with Gasteiger partial charge in [-0.3, -0.25) is 9.59 Å². The zero-order chi connectivity index (χ0) is 9.40. The van der Waals surface area contributed by atoms with Crippen LogP contribution in [0.3, 0.4) is 0 Å². The van der Waals surface area contributed by atoms with Crippen molar-refractivity contribution in [1.82, 2.24) is 0 Å². The maximum atomic E-state index is 10.6. The van der Waals surface area contributed by atoms with E-state index in [2.05, 4.69) is 0 Å². The van der Waals surface area contributed by atoms with Gasteiger partial charge in [0.2, 0.25) is 5.91 Å². The SMILES string of the molecule is CCC(=O)OCCCCC(N)=O. The van der Waals surface area contributed by atoms with Crippen LogP contribution in [0.2, 0.25) is 0 Å². The molecular weight excluding hydrogens is 158 g/mol. The van der Waals surface area contributed by atoms with Crippen molar-refractivity contribution in [2.45, 2.75) is 32.6 Å². The van der Waals surface area contributed by atoms with Gasteiger partial charge in [-0.25, -0.2) is 0 Å². The third kappa shape index (κ3) is 7.05. The van der Waals surface area contributed by atoms with Crippen LogP contribution in [-0.2, 0) is 14.3 Å². The molecule has 0 fully saturated rings. The summed E-state index contributed by atoms with van der Waals surface area (Å²) in [6, 6.07) is 0. The van der Waals surface area contributed by atoms with Gasteiger partial charge in [0, 0.05) is 12.8 Å². The van der Waals surface area contributed by atoms with Gasteiger partial charge in [-0.15, -0.1) is 0 Å². The zero-order valence-corrected chi connectivity index (χ0v) is 7.34. The largest absolute Gasteiger partial charge is 0.466 e. The Morgan fingerprint density at radius 2 is 2.00 bits per heavy atom. The summed E-state index contributed by atoms with van der Waals surface area (Å²) in [5.41, 5.74) is 4.91. The lowest BCUT2D eigenvalue weighted by Gasteiger charge is -2.01. The Hall–Kier alpha value is -1.06. The fraction of sp³-hybridized carbons (Fsp3) is 0.750. The Morgan fingerprint density at radius 3 is 2.50 bits per heavy atom. The van der Waals surface area contributed by atoms with Crippen LogP contribution in [0.4, 0.5) is 0 Å². The minimum Gasteiger partial charge on any atom is -0.466 e. The van der Waals surface area contributed by atoms with Gasteiger partial charge in [0.1, 0.15) is 0 Å². The predicted octanol–water partition coefficient (Wildman–Crippen LogP) is 0.595. The molecule has 0 radical (unpaired) electrons. The molecule has 0 unspecified atom stereocenters. The standard InChI is InChI=1S/C8H15NO3/c1-2-8(11)12-6-4-3-5-7(9)10/h2-6H2,1H3,(H2,9,10). The second-order valence-electron chi connectivity index (χ2n) is 2.50. The lowest BCUT2D eigenvalue weighted by molar-refractivity contribution is -0.143. The van der Waals surface area contributed by atoms with Crippen LogP contribution in [0.25, 0.3) is 0 Å². The summed E-state index contributed by atoms with van der Waals surface area (Å²) in [4.78, 5) is 20.9. The Balaban J connectivity index is 3.11. The first-order chi connectivity index (χ1) is 5.66. The van der Waals surface area contributed by atoms with Gasteiger partial charge >= 0.3 is 5.97 Å². The van der Waals surface area contributed by atoms with E-state index < -0.39 is 0 Å². The van der Waals surface area contributed by atoms with Crippen LogP contribution in [0.15, 0.2) is 0 Å². The van der Waals surface area contributed by atoms with Crippen LogP contribution < -0.4 is 5.73 Å². The van der Waals surface area contributed by atoms with Gasteiger partial charge in [-0.05, 0) is 12.8 Å². The Bertz CT molecular complexity index is 156. The molecule has 0 saturated heterocycles. The summed E-state index contributed by atoms with van der Waals surface area (Å²) in [5, 5.41) is 0. The highest BCUT2D eigenvalue weighted by atomic mass is 16.5. The van der Waals surface area contributed by atoms with Crippen LogP contribution in [0.1, 0.15) is 32.6 Å². The molecule has 0 aliphatic heterocycles. The van der Waals surface area contributed by atoms with E-state index >= 15 is 0 Å². The Morgan fingerprint density at radius 1 is 1.33 bits per heavy atom. The van der Waals surface area contributed by atoms with Crippen LogP contribution in [0.5, 0.6) is 0 Å². The molecule has 0 heterocycles. The average molecular weight is 173 g/mol. The maximum Gasteiger partial charge on any atom is 0.305 e. The number of hydrogen-bond acceptors (Lipinski definition) is 3. The summed E-state index contributed by atoms with van der Waals surface area (Å²) in [6.07, 6.45) is 2.15. The molecule has 4 heteroatoms. The van der Waals surface area contributed by atoms with Crippen LogP contribution in [0, 0.1) is 0 Å². The van der Waals surface area contributed by atoms with E-state index in [1.54, 1.807) is 6.92 Å². The van der Waals surface area contributed by atoms with Crippen molar-refractivity contribution in [3.8, 4) is 0 Å². The Kier molecular flexibility index (Phi) is 6.05. The lowest BCUT2D eigenvalue weighted by atomic mass is 10.2. The molecule has 0 aromatic carbocycles. The van der Waals surface area contributed by atoms with Gasteiger partial charge in [-0.2, -0.15) is 0 Å². The summed E-state index contributed by atoms with van der Waals surface area (Å²) in [6.45, 7) is 2.13. The van der Waals surface area contributed by atoms with Crippen molar-refractivity contribution in [2.75, 3.05) is 6.61 Å². The number of nitrogens with two attached hydrogens (primary N) is 1. The normalized spacial score (nSPS) is 9.42. The number of unbranched alkanes of at least 4 members (excludes halogenated alkanes) is 1. The van der Waals surface area contributed by atoms with Gasteiger partial charge in [0.25, 0.3) is 0 Å². The number of ether oxygens (including phenoxy) is 1. The third-order valence-corrected chi connectivity index (χ3v) is 1.37. The molecule has 4 nitrogen and oxygen atoms in total. The minimum atomic E-state index is -0.309. The number of carbonyl (C=O) groups is 2. The van der Waals surface area contributed by atoms with Crippen molar-refractivity contribution in [1.29, 1.82) is 0 Å². The molecule has 70 valence electrons. The molecule has 0 aromatic heterocycles. The molecule has 0 bridgehead atoms. The van der Waals surface area contributed by atoms with Gasteiger partial charge in [0.15, 0.2) is 0 Å². The molecule has 2 N–H and O–H groups in total. The van der Waals surface area contributed by atoms with E-state index in [9.17, 15) is 9.59 Å². The minimum absolute atomic E-state index is 0.200. The third-order valence-electron chi connectivity index (χ3n) is 1.37. The topological polar surface area (TPSA) is 69.4 Å². The maximum absolute atomic E-state index is 10.6. The number of esters is 1. The first kappa shape index (κ1) is 10.9. The number of primary amides is 1. The highest BCUT2D eigenvalue weighted by molar-refractivity contribution is 5.73. The molecule has 0 aromatic rings. The van der Waals surface area contributed by atoms with Crippen LogP contribution in [-0.4, -0.2) is 18.5 Å². The lowest BCUT2D eigenvalue weighted by Crippen LogP contribution is -2.10. The molecule has 0 aliphatic carbocycles. The quantitative estimate of drug-likeness (QED) is 0.472. The first-order valence-electron chi connectivity index (χ1n) is 4.10. The number of carbonyl (C=O) groups excluding carboxylic acids is 2. The van der Waals surface area contributed by atoms with E-state index in [4.69, 9.17) is 10.5 Å². The molecule has 0 saturated carbocycles. The van der Waals surface area contributed by atoms with E-state index in [0.717, 1.165) is 0 Å². The van der Waals surface area contributed by atoms with E-state index in [1.165, 1.54) is 0 Å². The zero-order valence-electron chi connectivity index (χ0n) is 7.34. The van der Waals surface area contributed by atoms with Crippen molar-refractivity contribution in [3.63, 3.8) is 0 Å². The average Bonchev–Trinajstić information content (AvgIpc) is 2.03. The Labute approximate surface area is 72.1 Å². The summed E-state index contributed by atoms with van der Waals surface area (Å²) in [7, 11) is 0. The van der Waals surface area contributed by atoms with Crippen molar-refractivity contribution in [3.05, 3.63) is 0 Å². The monoisotopic (exact) mass is 173 g/mol. The number of hydrogen-bond donors (Lipinski definition) is 1. The first-order valence-corrected chi connectivity index (χ1v) is 4.10. The number of amides is 1. The van der Waals surface area contributed by atoms with Gasteiger partial charge in [-0.1, -0.05) is 6.92 Å². The van der Waals surface area contributed by atoms with Crippen LogP contribution >= 0.6 is 0 Å². The van der Waals surface area contributed by atoms with Crippen molar-refractivity contribution in [2.24, 2.45) is 5.73 Å². The smallest absolute Gasteiger partial charge is 0.305 e. The molecule has 0 aliphatic rings. The highest BCUT2D eigenvalue weighted by Gasteiger charge is 1.98. The van der Waals surface area contributed by atoms with Gasteiger partial charge < -0.3 is 10.5 Å². The van der Waals surface area contributed by atoms with Crippen molar-refractivity contribution >= 4 is 11.9 Å².